The summed E-state index contributed by atoms with van der Waals surface area (Å²) in [5.41, 5.74) is 1.33. The number of amides is 2. The van der Waals surface area contributed by atoms with Gasteiger partial charge in [-0.2, -0.15) is 0 Å². The molecule has 2 amide bonds. The SMILES string of the molecule is CCCCOC(=O)c1ccc(NC(=O)CCC(=O)OCC(=O)Nc2ccccc2OC)cc1. The first-order chi connectivity index (χ1) is 15.9. The van der Waals surface area contributed by atoms with E-state index in [4.69, 9.17) is 14.2 Å². The molecular weight excluding hydrogens is 428 g/mol. The Balaban J connectivity index is 1.69. The van der Waals surface area contributed by atoms with Gasteiger partial charge in [-0.05, 0) is 42.8 Å². The van der Waals surface area contributed by atoms with Crippen molar-refractivity contribution in [2.45, 2.75) is 32.6 Å². The van der Waals surface area contributed by atoms with Gasteiger partial charge in [-0.1, -0.05) is 25.5 Å². The summed E-state index contributed by atoms with van der Waals surface area (Å²) in [5.74, 6) is -1.53. The highest BCUT2D eigenvalue weighted by Gasteiger charge is 2.13. The third-order valence-corrected chi connectivity index (χ3v) is 4.44. The third kappa shape index (κ3) is 9.02. The highest BCUT2D eigenvalue weighted by atomic mass is 16.5. The first-order valence-corrected chi connectivity index (χ1v) is 10.6. The summed E-state index contributed by atoms with van der Waals surface area (Å²) < 4.78 is 15.2. The van der Waals surface area contributed by atoms with Gasteiger partial charge in [-0.25, -0.2) is 4.79 Å². The molecule has 2 aromatic rings. The van der Waals surface area contributed by atoms with E-state index in [1.54, 1.807) is 48.5 Å². The van der Waals surface area contributed by atoms with Crippen LogP contribution >= 0.6 is 0 Å². The van der Waals surface area contributed by atoms with E-state index >= 15 is 0 Å². The van der Waals surface area contributed by atoms with Crippen molar-refractivity contribution in [3.05, 3.63) is 54.1 Å². The van der Waals surface area contributed by atoms with Gasteiger partial charge in [0.2, 0.25) is 5.91 Å². The third-order valence-electron chi connectivity index (χ3n) is 4.44. The molecule has 0 aromatic heterocycles. The van der Waals surface area contributed by atoms with E-state index in [-0.39, 0.29) is 12.8 Å². The van der Waals surface area contributed by atoms with Crippen LogP contribution in [0.3, 0.4) is 0 Å². The molecule has 0 radical (unpaired) electrons. The van der Waals surface area contributed by atoms with E-state index < -0.39 is 30.4 Å². The van der Waals surface area contributed by atoms with Crippen molar-refractivity contribution in [1.29, 1.82) is 0 Å². The summed E-state index contributed by atoms with van der Waals surface area (Å²) in [7, 11) is 1.48. The number of methoxy groups -OCH3 is 1. The van der Waals surface area contributed by atoms with Crippen LogP contribution in [-0.4, -0.2) is 44.1 Å². The minimum absolute atomic E-state index is 0.117. The molecule has 2 rings (SSSR count). The van der Waals surface area contributed by atoms with Crippen LogP contribution in [0, 0.1) is 0 Å². The number of ether oxygens (including phenoxy) is 3. The summed E-state index contributed by atoms with van der Waals surface area (Å²) in [6, 6.07) is 13.1. The highest BCUT2D eigenvalue weighted by Crippen LogP contribution is 2.22. The molecule has 0 aliphatic heterocycles. The van der Waals surface area contributed by atoms with E-state index in [0.717, 1.165) is 12.8 Å². The molecule has 176 valence electrons. The van der Waals surface area contributed by atoms with Crippen LogP contribution in [0.15, 0.2) is 48.5 Å². The van der Waals surface area contributed by atoms with Gasteiger partial charge >= 0.3 is 11.9 Å². The molecule has 0 aliphatic rings. The highest BCUT2D eigenvalue weighted by molar-refractivity contribution is 5.95. The smallest absolute Gasteiger partial charge is 0.338 e. The molecule has 0 spiro atoms. The largest absolute Gasteiger partial charge is 0.495 e. The van der Waals surface area contributed by atoms with Crippen LogP contribution in [0.2, 0.25) is 0 Å². The van der Waals surface area contributed by atoms with Gasteiger partial charge in [0.1, 0.15) is 5.75 Å². The van der Waals surface area contributed by atoms with Gasteiger partial charge in [0.25, 0.3) is 5.91 Å². The number of rotatable bonds is 12. The average molecular weight is 456 g/mol. The van der Waals surface area contributed by atoms with Crippen molar-refractivity contribution in [2.75, 3.05) is 31.0 Å². The van der Waals surface area contributed by atoms with Crippen LogP contribution < -0.4 is 15.4 Å². The number of anilines is 2. The second-order valence-corrected chi connectivity index (χ2v) is 7.02. The first-order valence-electron chi connectivity index (χ1n) is 10.6. The summed E-state index contributed by atoms with van der Waals surface area (Å²) in [6.45, 7) is 1.89. The van der Waals surface area contributed by atoms with Crippen molar-refractivity contribution < 1.29 is 33.4 Å². The second-order valence-electron chi connectivity index (χ2n) is 7.02. The number of para-hydroxylation sites is 2. The molecule has 2 N–H and O–H groups in total. The van der Waals surface area contributed by atoms with E-state index in [2.05, 4.69) is 10.6 Å². The number of carbonyl (C=O) groups excluding carboxylic acids is 4. The molecule has 0 heterocycles. The molecular formula is C24H28N2O7. The number of carbonyl (C=O) groups is 4. The van der Waals surface area contributed by atoms with Crippen LogP contribution in [0.25, 0.3) is 0 Å². The van der Waals surface area contributed by atoms with E-state index in [0.29, 0.717) is 29.3 Å². The fourth-order valence-electron chi connectivity index (χ4n) is 2.67. The predicted octanol–water partition coefficient (Wildman–Crippen LogP) is 3.55. The van der Waals surface area contributed by atoms with Gasteiger partial charge in [0.05, 0.1) is 31.4 Å². The van der Waals surface area contributed by atoms with Crippen LogP contribution in [0.1, 0.15) is 43.0 Å². The normalized spacial score (nSPS) is 10.1. The molecule has 0 saturated carbocycles. The second kappa shape index (κ2) is 13.5. The maximum absolute atomic E-state index is 12.1. The zero-order valence-corrected chi connectivity index (χ0v) is 18.7. The Morgan fingerprint density at radius 3 is 2.27 bits per heavy atom. The molecule has 9 heteroatoms. The van der Waals surface area contributed by atoms with Crippen molar-refractivity contribution in [1.82, 2.24) is 0 Å². The standard InChI is InChI=1S/C24H28N2O7/c1-3-4-15-32-24(30)17-9-11-18(12-10-17)25-21(27)13-14-23(29)33-16-22(28)26-19-7-5-6-8-20(19)31-2/h5-12H,3-4,13-16H2,1-2H3,(H,25,27)(H,26,28). The molecule has 2 aromatic carbocycles. The number of benzene rings is 2. The fraction of sp³-hybridized carbons (Fsp3) is 0.333. The Labute approximate surface area is 192 Å². The van der Waals surface area contributed by atoms with Crippen LogP contribution in [0.4, 0.5) is 11.4 Å². The molecule has 33 heavy (non-hydrogen) atoms. The Bertz CT molecular complexity index is 958. The van der Waals surface area contributed by atoms with Gasteiger partial charge in [-0.3, -0.25) is 14.4 Å². The molecule has 9 nitrogen and oxygen atoms in total. The summed E-state index contributed by atoms with van der Waals surface area (Å²) in [6.07, 6.45) is 1.43. The molecule has 0 aliphatic carbocycles. The predicted molar refractivity (Wildman–Crippen MR) is 122 cm³/mol. The minimum Gasteiger partial charge on any atom is -0.495 e. The molecule has 0 bridgehead atoms. The van der Waals surface area contributed by atoms with Gasteiger partial charge in [0.15, 0.2) is 6.61 Å². The maximum atomic E-state index is 12.1. The average Bonchev–Trinajstić information content (AvgIpc) is 2.82. The molecule has 0 unspecified atom stereocenters. The van der Waals surface area contributed by atoms with Crippen molar-refractivity contribution in [3.8, 4) is 5.75 Å². The Hall–Kier alpha value is -3.88. The topological polar surface area (TPSA) is 120 Å². The van der Waals surface area contributed by atoms with Gasteiger partial charge in [0, 0.05) is 12.1 Å². The summed E-state index contributed by atoms with van der Waals surface area (Å²) in [4.78, 5) is 47.7. The van der Waals surface area contributed by atoms with Crippen molar-refractivity contribution in [3.63, 3.8) is 0 Å². The monoisotopic (exact) mass is 456 g/mol. The molecule has 0 atom stereocenters. The first kappa shape index (κ1) is 25.4. The zero-order chi connectivity index (χ0) is 24.1. The quantitative estimate of drug-likeness (QED) is 0.370. The molecule has 0 fully saturated rings. The van der Waals surface area contributed by atoms with Gasteiger partial charge in [-0.15, -0.1) is 0 Å². The Morgan fingerprint density at radius 2 is 1.58 bits per heavy atom. The van der Waals surface area contributed by atoms with Crippen LogP contribution in [0.5, 0.6) is 5.75 Å². The number of hydrogen-bond donors (Lipinski definition) is 2. The lowest BCUT2D eigenvalue weighted by atomic mass is 10.2. The lowest BCUT2D eigenvalue weighted by molar-refractivity contribution is -0.147. The number of hydrogen-bond acceptors (Lipinski definition) is 7. The number of nitrogens with one attached hydrogen (secondary N) is 2. The Kier molecular flexibility index (Phi) is 10.4. The summed E-state index contributed by atoms with van der Waals surface area (Å²) in [5, 5.41) is 5.22. The lowest BCUT2D eigenvalue weighted by Crippen LogP contribution is -2.22. The maximum Gasteiger partial charge on any atom is 0.338 e. The van der Waals surface area contributed by atoms with Crippen molar-refractivity contribution in [2.24, 2.45) is 0 Å². The van der Waals surface area contributed by atoms with E-state index in [9.17, 15) is 19.2 Å². The Morgan fingerprint density at radius 1 is 0.848 bits per heavy atom. The molecule has 0 saturated heterocycles. The van der Waals surface area contributed by atoms with Crippen molar-refractivity contribution >= 4 is 35.1 Å². The fourth-order valence-corrected chi connectivity index (χ4v) is 2.67. The minimum atomic E-state index is -0.675. The number of unbranched alkanes of at least 4 members (excludes halogenated alkanes) is 1. The lowest BCUT2D eigenvalue weighted by Gasteiger charge is -2.10. The van der Waals surface area contributed by atoms with E-state index in [1.165, 1.54) is 7.11 Å². The zero-order valence-electron chi connectivity index (χ0n) is 18.7. The summed E-state index contributed by atoms with van der Waals surface area (Å²) >= 11 is 0. The van der Waals surface area contributed by atoms with Crippen LogP contribution in [-0.2, 0) is 23.9 Å². The van der Waals surface area contributed by atoms with Gasteiger partial charge < -0.3 is 24.8 Å². The van der Waals surface area contributed by atoms with E-state index in [1.807, 2.05) is 6.92 Å². The number of esters is 2.